The van der Waals surface area contributed by atoms with Gasteiger partial charge in [0.25, 0.3) is 0 Å². The van der Waals surface area contributed by atoms with Crippen molar-refractivity contribution in [2.75, 3.05) is 13.1 Å². The number of rotatable bonds is 6. The summed E-state index contributed by atoms with van der Waals surface area (Å²) in [5, 5.41) is 15.1. The van der Waals surface area contributed by atoms with Crippen LogP contribution in [0.5, 0.6) is 0 Å². The summed E-state index contributed by atoms with van der Waals surface area (Å²) < 4.78 is 19.0. The van der Waals surface area contributed by atoms with Gasteiger partial charge in [-0.15, -0.1) is 0 Å². The summed E-state index contributed by atoms with van der Waals surface area (Å²) in [6.45, 7) is 3.48. The highest BCUT2D eigenvalue weighted by molar-refractivity contribution is 5.79. The Kier molecular flexibility index (Phi) is 6.18. The number of hydrogen-bond acceptors (Lipinski definition) is 3. The van der Waals surface area contributed by atoms with Gasteiger partial charge >= 0.3 is 0 Å². The lowest BCUT2D eigenvalue weighted by molar-refractivity contribution is 0.507. The Morgan fingerprint density at radius 1 is 1.35 bits per heavy atom. The molecule has 1 aromatic heterocycles. The summed E-state index contributed by atoms with van der Waals surface area (Å²) in [4.78, 5) is 4.35. The highest BCUT2D eigenvalue weighted by Crippen LogP contribution is 2.11. The zero-order valence-corrected chi connectivity index (χ0v) is 13.0. The van der Waals surface area contributed by atoms with Crippen molar-refractivity contribution in [2.45, 2.75) is 19.9 Å². The van der Waals surface area contributed by atoms with Gasteiger partial charge in [-0.1, -0.05) is 0 Å². The van der Waals surface area contributed by atoms with Crippen LogP contribution in [0.4, 0.5) is 4.39 Å². The standard InChI is InChI=1S/C17H19FN4O/c1-2-20-17(21-8-7-15-4-3-9-23-15)22-12-14-10-13(11-19)5-6-16(14)18/h3-6,9-10H,2,7-8,12H2,1H3,(H2,20,21,22). The molecule has 0 aliphatic rings. The predicted molar refractivity (Wildman–Crippen MR) is 86.3 cm³/mol. The van der Waals surface area contributed by atoms with E-state index in [4.69, 9.17) is 9.68 Å². The van der Waals surface area contributed by atoms with E-state index in [0.717, 1.165) is 12.2 Å². The smallest absolute Gasteiger partial charge is 0.191 e. The van der Waals surface area contributed by atoms with Crippen LogP contribution in [-0.4, -0.2) is 19.0 Å². The Balaban J connectivity index is 1.96. The topological polar surface area (TPSA) is 73.3 Å². The lowest BCUT2D eigenvalue weighted by Gasteiger charge is -2.11. The number of benzene rings is 1. The molecule has 23 heavy (non-hydrogen) atoms. The van der Waals surface area contributed by atoms with Gasteiger partial charge in [0, 0.05) is 25.1 Å². The SMILES string of the molecule is CCNC(=NCc1cc(C#N)ccc1F)NCCc1ccco1. The molecule has 5 nitrogen and oxygen atoms in total. The van der Waals surface area contributed by atoms with Crippen molar-refractivity contribution in [3.8, 4) is 6.07 Å². The summed E-state index contributed by atoms with van der Waals surface area (Å²) in [5.74, 6) is 1.13. The number of hydrogen-bond donors (Lipinski definition) is 2. The third kappa shape index (κ3) is 5.15. The molecular formula is C17H19FN4O. The minimum absolute atomic E-state index is 0.164. The highest BCUT2D eigenvalue weighted by Gasteiger charge is 2.04. The number of halogens is 1. The number of nitrogens with one attached hydrogen (secondary N) is 2. The molecule has 6 heteroatoms. The van der Waals surface area contributed by atoms with Crippen LogP contribution in [0.25, 0.3) is 0 Å². The Labute approximate surface area is 134 Å². The third-order valence-corrected chi connectivity index (χ3v) is 3.17. The van der Waals surface area contributed by atoms with Crippen LogP contribution in [0.15, 0.2) is 46.0 Å². The van der Waals surface area contributed by atoms with Gasteiger partial charge in [0.2, 0.25) is 0 Å². The van der Waals surface area contributed by atoms with Crippen LogP contribution in [0, 0.1) is 17.1 Å². The van der Waals surface area contributed by atoms with E-state index in [1.807, 2.05) is 25.1 Å². The fraction of sp³-hybridized carbons (Fsp3) is 0.294. The van der Waals surface area contributed by atoms with E-state index in [-0.39, 0.29) is 12.4 Å². The van der Waals surface area contributed by atoms with E-state index in [1.165, 1.54) is 18.2 Å². The fourth-order valence-electron chi connectivity index (χ4n) is 2.03. The molecule has 0 aliphatic heterocycles. The molecule has 0 radical (unpaired) electrons. The van der Waals surface area contributed by atoms with Gasteiger partial charge in [-0.3, -0.25) is 0 Å². The maximum Gasteiger partial charge on any atom is 0.191 e. The van der Waals surface area contributed by atoms with Gasteiger partial charge in [-0.25, -0.2) is 9.38 Å². The van der Waals surface area contributed by atoms with E-state index < -0.39 is 0 Å². The molecule has 0 atom stereocenters. The van der Waals surface area contributed by atoms with E-state index in [9.17, 15) is 4.39 Å². The van der Waals surface area contributed by atoms with Crippen LogP contribution in [0.1, 0.15) is 23.8 Å². The number of guanidine groups is 1. The van der Waals surface area contributed by atoms with Crippen molar-refractivity contribution in [1.82, 2.24) is 10.6 Å². The zero-order valence-electron chi connectivity index (χ0n) is 13.0. The lowest BCUT2D eigenvalue weighted by atomic mass is 10.1. The molecule has 0 aliphatic carbocycles. The van der Waals surface area contributed by atoms with Crippen molar-refractivity contribution in [3.63, 3.8) is 0 Å². The van der Waals surface area contributed by atoms with Crippen molar-refractivity contribution in [1.29, 1.82) is 5.26 Å². The van der Waals surface area contributed by atoms with Crippen LogP contribution >= 0.6 is 0 Å². The van der Waals surface area contributed by atoms with Crippen LogP contribution < -0.4 is 10.6 Å². The first kappa shape index (κ1) is 16.6. The summed E-state index contributed by atoms with van der Waals surface area (Å²) in [7, 11) is 0. The Bertz CT molecular complexity index is 689. The first-order valence-electron chi connectivity index (χ1n) is 7.46. The van der Waals surface area contributed by atoms with Gasteiger partial charge in [0.15, 0.2) is 5.96 Å². The Hall–Kier alpha value is -2.81. The highest BCUT2D eigenvalue weighted by atomic mass is 19.1. The molecule has 0 fully saturated rings. The second-order valence-electron chi connectivity index (χ2n) is 4.87. The van der Waals surface area contributed by atoms with Gasteiger partial charge < -0.3 is 15.1 Å². The van der Waals surface area contributed by atoms with Gasteiger partial charge in [-0.2, -0.15) is 5.26 Å². The number of nitrogens with zero attached hydrogens (tertiary/aromatic N) is 2. The number of nitriles is 1. The quantitative estimate of drug-likeness (QED) is 0.635. The summed E-state index contributed by atoms with van der Waals surface area (Å²) in [5.41, 5.74) is 0.819. The van der Waals surface area contributed by atoms with Gasteiger partial charge in [0.1, 0.15) is 11.6 Å². The molecule has 0 unspecified atom stereocenters. The molecule has 120 valence electrons. The average Bonchev–Trinajstić information content (AvgIpc) is 3.07. The van der Waals surface area contributed by atoms with Crippen molar-refractivity contribution in [2.24, 2.45) is 4.99 Å². The maximum absolute atomic E-state index is 13.7. The largest absolute Gasteiger partial charge is 0.469 e. The van der Waals surface area contributed by atoms with Crippen LogP contribution in [0.2, 0.25) is 0 Å². The summed E-state index contributed by atoms with van der Waals surface area (Å²) >= 11 is 0. The zero-order chi connectivity index (χ0) is 16.5. The molecule has 0 saturated heterocycles. The van der Waals surface area contributed by atoms with Gasteiger partial charge in [-0.05, 0) is 37.3 Å². The molecule has 1 heterocycles. The molecule has 0 spiro atoms. The molecule has 2 N–H and O–H groups in total. The molecule has 2 rings (SSSR count). The van der Waals surface area contributed by atoms with E-state index >= 15 is 0 Å². The van der Waals surface area contributed by atoms with Crippen LogP contribution in [0.3, 0.4) is 0 Å². The Morgan fingerprint density at radius 3 is 2.91 bits per heavy atom. The van der Waals surface area contributed by atoms with Crippen molar-refractivity contribution < 1.29 is 8.81 Å². The molecule has 1 aromatic carbocycles. The number of furan rings is 1. The average molecular weight is 314 g/mol. The normalized spacial score (nSPS) is 11.1. The molecule has 0 amide bonds. The fourth-order valence-corrected chi connectivity index (χ4v) is 2.03. The second kappa shape index (κ2) is 8.59. The third-order valence-electron chi connectivity index (χ3n) is 3.17. The van der Waals surface area contributed by atoms with Gasteiger partial charge in [0.05, 0.1) is 24.4 Å². The number of aliphatic imine (C=N–C) groups is 1. The monoisotopic (exact) mass is 314 g/mol. The first-order chi connectivity index (χ1) is 11.2. The lowest BCUT2D eigenvalue weighted by Crippen LogP contribution is -2.38. The van der Waals surface area contributed by atoms with E-state index in [1.54, 1.807) is 6.26 Å². The first-order valence-corrected chi connectivity index (χ1v) is 7.46. The minimum Gasteiger partial charge on any atom is -0.469 e. The predicted octanol–water partition coefficient (Wildman–Crippen LogP) is 2.59. The van der Waals surface area contributed by atoms with Crippen LogP contribution in [-0.2, 0) is 13.0 Å². The Morgan fingerprint density at radius 2 is 2.22 bits per heavy atom. The second-order valence-corrected chi connectivity index (χ2v) is 4.87. The summed E-state index contributed by atoms with van der Waals surface area (Å²) in [6.07, 6.45) is 2.37. The molecule has 0 bridgehead atoms. The van der Waals surface area contributed by atoms with Crippen molar-refractivity contribution >= 4 is 5.96 Å². The summed E-state index contributed by atoms with van der Waals surface area (Å²) in [6, 6.07) is 10.0. The molecule has 2 aromatic rings. The van der Waals surface area contributed by atoms with E-state index in [0.29, 0.717) is 30.2 Å². The maximum atomic E-state index is 13.7. The van der Waals surface area contributed by atoms with Crippen molar-refractivity contribution in [3.05, 3.63) is 59.3 Å². The molecule has 0 saturated carbocycles. The minimum atomic E-state index is -0.362. The molecular weight excluding hydrogens is 295 g/mol. The van der Waals surface area contributed by atoms with E-state index in [2.05, 4.69) is 15.6 Å².